The molecule has 33 heavy (non-hydrogen) atoms. The highest BCUT2D eigenvalue weighted by Crippen LogP contribution is 2.46. The molecule has 3 rings (SSSR count). The van der Waals surface area contributed by atoms with Gasteiger partial charge in [0.2, 0.25) is 0 Å². The molecule has 5 nitrogen and oxygen atoms in total. The van der Waals surface area contributed by atoms with Crippen LogP contribution in [0.1, 0.15) is 69.9 Å². The summed E-state index contributed by atoms with van der Waals surface area (Å²) >= 11 is 6.62. The number of hydrogen-bond acceptors (Lipinski definition) is 5. The first-order valence-corrected chi connectivity index (χ1v) is 12.2. The fourth-order valence-corrected chi connectivity index (χ4v) is 5.12. The molecule has 1 heterocycles. The van der Waals surface area contributed by atoms with Crippen LogP contribution in [0.5, 0.6) is 11.5 Å². The lowest BCUT2D eigenvalue weighted by Crippen LogP contribution is -2.40. The van der Waals surface area contributed by atoms with Crippen LogP contribution < -0.4 is 4.74 Å². The quantitative estimate of drug-likeness (QED) is 0.475. The number of hydrogen-bond donors (Lipinski definition) is 1. The summed E-state index contributed by atoms with van der Waals surface area (Å²) in [4.78, 5) is 12.3. The average molecular weight is 477 g/mol. The van der Waals surface area contributed by atoms with Crippen LogP contribution in [-0.2, 0) is 20.7 Å². The zero-order valence-electron chi connectivity index (χ0n) is 20.7. The third-order valence-electron chi connectivity index (χ3n) is 7.65. The van der Waals surface area contributed by atoms with Crippen molar-refractivity contribution in [2.24, 2.45) is 17.3 Å². The molecule has 0 bridgehead atoms. The zero-order chi connectivity index (χ0) is 24.3. The van der Waals surface area contributed by atoms with Crippen LogP contribution in [-0.4, -0.2) is 31.2 Å². The molecule has 2 aliphatic rings. The molecule has 3 atom stereocenters. The Morgan fingerprint density at radius 3 is 2.61 bits per heavy atom. The maximum atomic E-state index is 12.3. The summed E-state index contributed by atoms with van der Waals surface area (Å²) in [5.74, 6) is 1.34. The van der Waals surface area contributed by atoms with Gasteiger partial charge in [0.15, 0.2) is 6.29 Å². The number of rotatable bonds is 6. The molecule has 1 aromatic rings. The van der Waals surface area contributed by atoms with Crippen molar-refractivity contribution in [2.45, 2.75) is 66.6 Å². The largest absolute Gasteiger partial charge is 0.507 e. The Hall–Kier alpha value is -1.82. The number of allylic oxidation sites excluding steroid dienone is 4. The first-order chi connectivity index (χ1) is 15.6. The van der Waals surface area contributed by atoms with E-state index in [1.807, 2.05) is 26.8 Å². The Morgan fingerprint density at radius 1 is 1.30 bits per heavy atom. The van der Waals surface area contributed by atoms with Crippen LogP contribution in [0.4, 0.5) is 0 Å². The van der Waals surface area contributed by atoms with Crippen molar-refractivity contribution in [2.75, 3.05) is 20.3 Å². The lowest BCUT2D eigenvalue weighted by molar-refractivity contribution is -0.183. The maximum Gasteiger partial charge on any atom is 0.187 e. The third-order valence-corrected chi connectivity index (χ3v) is 8.10. The van der Waals surface area contributed by atoms with Gasteiger partial charge in [-0.05, 0) is 50.0 Å². The van der Waals surface area contributed by atoms with Gasteiger partial charge in [-0.3, -0.25) is 4.79 Å². The number of ketones is 1. The van der Waals surface area contributed by atoms with Crippen molar-refractivity contribution in [3.8, 4) is 11.5 Å². The van der Waals surface area contributed by atoms with Crippen LogP contribution in [0.3, 0.4) is 0 Å². The molecular formula is C27H37ClO5. The Balaban J connectivity index is 1.90. The van der Waals surface area contributed by atoms with E-state index in [0.29, 0.717) is 65.2 Å². The minimum absolute atomic E-state index is 0.00314. The van der Waals surface area contributed by atoms with Crippen molar-refractivity contribution >= 4 is 17.4 Å². The molecule has 182 valence electrons. The fourth-order valence-electron chi connectivity index (χ4n) is 4.82. The molecule has 1 N–H and O–H groups in total. The number of Topliss-reactive ketones (excluding diaryl/α,β-unsaturated/α-hetero) is 1. The van der Waals surface area contributed by atoms with Gasteiger partial charge >= 0.3 is 0 Å². The predicted octanol–water partition coefficient (Wildman–Crippen LogP) is 6.48. The molecule has 2 fully saturated rings. The van der Waals surface area contributed by atoms with E-state index in [1.165, 1.54) is 0 Å². The van der Waals surface area contributed by atoms with E-state index in [2.05, 4.69) is 26.0 Å². The van der Waals surface area contributed by atoms with Gasteiger partial charge in [-0.25, -0.2) is 0 Å². The molecule has 0 radical (unpaired) electrons. The minimum Gasteiger partial charge on any atom is -0.507 e. The molecule has 0 aromatic heterocycles. The van der Waals surface area contributed by atoms with Gasteiger partial charge in [-0.1, -0.05) is 56.2 Å². The van der Waals surface area contributed by atoms with Crippen molar-refractivity contribution in [3.05, 3.63) is 45.5 Å². The molecule has 1 aromatic carbocycles. The average Bonchev–Trinajstić information content (AvgIpc) is 2.81. The Labute approximate surface area is 202 Å². The SMILES string of the molecule is COc1c(Cl)c(C)c(C2OCCCO2)c(O)c1C/C=C(C)/C=C/[C@@]1(C)[C@H](C)CCC(=O)[C@@H]1C. The van der Waals surface area contributed by atoms with Crippen LogP contribution in [0.2, 0.25) is 5.02 Å². The van der Waals surface area contributed by atoms with E-state index in [0.717, 1.165) is 18.4 Å². The van der Waals surface area contributed by atoms with E-state index >= 15 is 0 Å². The molecule has 0 amide bonds. The highest BCUT2D eigenvalue weighted by molar-refractivity contribution is 6.33. The number of carbonyl (C=O) groups excluding carboxylic acids is 1. The summed E-state index contributed by atoms with van der Waals surface area (Å²) in [6.45, 7) is 11.4. The summed E-state index contributed by atoms with van der Waals surface area (Å²) in [7, 11) is 1.55. The second-order valence-corrected chi connectivity index (χ2v) is 10.00. The van der Waals surface area contributed by atoms with Crippen LogP contribution in [0, 0.1) is 24.2 Å². The molecule has 0 unspecified atom stereocenters. The van der Waals surface area contributed by atoms with Crippen molar-refractivity contribution in [1.29, 1.82) is 0 Å². The molecular weight excluding hydrogens is 440 g/mol. The van der Waals surface area contributed by atoms with E-state index < -0.39 is 6.29 Å². The summed E-state index contributed by atoms with van der Waals surface area (Å²) in [6.07, 6.45) is 8.51. The van der Waals surface area contributed by atoms with E-state index in [1.54, 1.807) is 7.11 Å². The number of halogens is 1. The highest BCUT2D eigenvalue weighted by atomic mass is 35.5. The Bertz CT molecular complexity index is 945. The highest BCUT2D eigenvalue weighted by Gasteiger charge is 2.41. The van der Waals surface area contributed by atoms with E-state index in [4.69, 9.17) is 25.8 Å². The first kappa shape index (κ1) is 25.8. The fraction of sp³-hybridized carbons (Fsp3) is 0.593. The smallest absolute Gasteiger partial charge is 0.187 e. The van der Waals surface area contributed by atoms with Gasteiger partial charge in [0.05, 0.1) is 30.9 Å². The number of phenols is 1. The third kappa shape index (κ3) is 5.16. The number of benzene rings is 1. The van der Waals surface area contributed by atoms with Gasteiger partial charge in [0, 0.05) is 17.9 Å². The van der Waals surface area contributed by atoms with E-state index in [-0.39, 0.29) is 17.1 Å². The molecule has 6 heteroatoms. The molecule has 1 aliphatic heterocycles. The van der Waals surface area contributed by atoms with Crippen LogP contribution in [0.15, 0.2) is 23.8 Å². The summed E-state index contributed by atoms with van der Waals surface area (Å²) in [6, 6.07) is 0. The second kappa shape index (κ2) is 10.6. The number of methoxy groups -OCH3 is 1. The molecule has 1 saturated heterocycles. The lowest BCUT2D eigenvalue weighted by atomic mass is 9.61. The Morgan fingerprint density at radius 2 is 1.97 bits per heavy atom. The van der Waals surface area contributed by atoms with Gasteiger partial charge in [0.1, 0.15) is 17.3 Å². The standard InChI is InChI=1S/C27H37ClO5/c1-16(12-13-27(5)17(2)9-11-21(29)19(27)4)8-10-20-24(30)22(26-32-14-7-15-33-26)18(3)23(28)25(20)31-6/h8,12-13,17,19,26,30H,7,9-11,14-15H2,1-6H3/b13-12+,16-8+/t17-,19+,27+/m1/s1. The predicted molar refractivity (Wildman–Crippen MR) is 131 cm³/mol. The normalized spacial score (nSPS) is 27.4. The van der Waals surface area contributed by atoms with Crippen molar-refractivity contribution < 1.29 is 24.1 Å². The number of aromatic hydroxyl groups is 1. The molecule has 1 saturated carbocycles. The molecule has 1 aliphatic carbocycles. The zero-order valence-corrected chi connectivity index (χ0v) is 21.4. The summed E-state index contributed by atoms with van der Waals surface area (Å²) < 4.78 is 17.1. The van der Waals surface area contributed by atoms with Gasteiger partial charge in [0.25, 0.3) is 0 Å². The number of carbonyl (C=O) groups is 1. The number of ether oxygens (including phenoxy) is 3. The number of phenolic OH excluding ortho intramolecular Hbond substituents is 1. The van der Waals surface area contributed by atoms with Crippen LogP contribution in [0.25, 0.3) is 0 Å². The van der Waals surface area contributed by atoms with Crippen molar-refractivity contribution in [1.82, 2.24) is 0 Å². The minimum atomic E-state index is -0.641. The Kier molecular flexibility index (Phi) is 8.31. The van der Waals surface area contributed by atoms with Gasteiger partial charge in [-0.2, -0.15) is 0 Å². The summed E-state index contributed by atoms with van der Waals surface area (Å²) in [5.41, 5.74) is 2.74. The first-order valence-electron chi connectivity index (χ1n) is 11.8. The van der Waals surface area contributed by atoms with E-state index in [9.17, 15) is 9.90 Å². The lowest BCUT2D eigenvalue weighted by Gasteiger charge is -2.42. The second-order valence-electron chi connectivity index (χ2n) is 9.62. The maximum absolute atomic E-state index is 12.3. The van der Waals surface area contributed by atoms with Crippen molar-refractivity contribution in [3.63, 3.8) is 0 Å². The van der Waals surface area contributed by atoms with Crippen LogP contribution >= 0.6 is 11.6 Å². The van der Waals surface area contributed by atoms with Gasteiger partial charge in [-0.15, -0.1) is 0 Å². The molecule has 0 spiro atoms. The van der Waals surface area contributed by atoms with Gasteiger partial charge < -0.3 is 19.3 Å². The summed E-state index contributed by atoms with van der Waals surface area (Å²) in [5, 5.41) is 11.6. The monoisotopic (exact) mass is 476 g/mol. The topological polar surface area (TPSA) is 65.0 Å².